The van der Waals surface area contributed by atoms with E-state index < -0.39 is 12.4 Å². The topological polar surface area (TPSA) is 59.0 Å². The fourth-order valence-corrected chi connectivity index (χ4v) is 1.92. The van der Waals surface area contributed by atoms with Crippen LogP contribution in [0, 0.1) is 0 Å². The number of aliphatic hydroxyl groups excluding tert-OH is 1. The van der Waals surface area contributed by atoms with Gasteiger partial charge < -0.3 is 19.5 Å². The summed E-state index contributed by atoms with van der Waals surface area (Å²) >= 11 is 0. The van der Waals surface area contributed by atoms with Crippen LogP contribution in [0.25, 0.3) is 0 Å². The Balaban J connectivity index is 2.66. The molecule has 1 aromatic rings. The molecule has 1 rings (SSSR count). The number of amides is 1. The normalized spacial score (nSPS) is 14.1. The quantitative estimate of drug-likeness (QED) is 0.771. The van der Waals surface area contributed by atoms with Crippen LogP contribution in [0.1, 0.15) is 25.0 Å². The molecule has 1 amide bonds. The molecule has 0 saturated carbocycles. The molecule has 1 aromatic carbocycles. The van der Waals surface area contributed by atoms with Gasteiger partial charge >= 0.3 is 0 Å². The Kier molecular flexibility index (Phi) is 6.64. The maximum absolute atomic E-state index is 12.1. The Bertz CT molecular complexity index is 406. The van der Waals surface area contributed by atoms with Crippen LogP contribution < -0.4 is 0 Å². The first-order valence-corrected chi connectivity index (χ1v) is 6.55. The third-order valence-electron chi connectivity index (χ3n) is 3.47. The lowest BCUT2D eigenvalue weighted by molar-refractivity contribution is -0.150. The van der Waals surface area contributed by atoms with E-state index in [2.05, 4.69) is 0 Å². The summed E-state index contributed by atoms with van der Waals surface area (Å²) in [7, 11) is 4.65. The number of carbonyl (C=O) groups is 1. The van der Waals surface area contributed by atoms with E-state index in [1.54, 1.807) is 7.05 Å². The number of nitrogens with zero attached hydrogens (tertiary/aromatic N) is 1. The van der Waals surface area contributed by atoms with Crippen LogP contribution in [-0.2, 0) is 14.3 Å². The molecular weight excluding hydrogens is 258 g/mol. The molecule has 2 atom stereocenters. The molecule has 0 unspecified atom stereocenters. The molecule has 0 bridgehead atoms. The molecule has 0 saturated heterocycles. The summed E-state index contributed by atoms with van der Waals surface area (Å²) in [6.45, 7) is 1.81. The van der Waals surface area contributed by atoms with Gasteiger partial charge in [-0.05, 0) is 12.5 Å². The molecular formula is C15H23NO4. The van der Waals surface area contributed by atoms with Gasteiger partial charge in [0.25, 0.3) is 0 Å². The second-order valence-electron chi connectivity index (χ2n) is 4.71. The van der Waals surface area contributed by atoms with Gasteiger partial charge in [-0.25, -0.2) is 0 Å². The lowest BCUT2D eigenvalue weighted by Gasteiger charge is -2.30. The van der Waals surface area contributed by atoms with Crippen molar-refractivity contribution in [1.82, 2.24) is 4.90 Å². The Labute approximate surface area is 120 Å². The number of methoxy groups -OCH3 is 2. The minimum absolute atomic E-state index is 0.120. The number of ether oxygens (including phenoxy) is 2. The highest BCUT2D eigenvalue weighted by Gasteiger charge is 2.25. The van der Waals surface area contributed by atoms with E-state index >= 15 is 0 Å². The van der Waals surface area contributed by atoms with Gasteiger partial charge in [0.05, 0.1) is 18.6 Å². The van der Waals surface area contributed by atoms with Gasteiger partial charge in [0.15, 0.2) is 6.29 Å². The van der Waals surface area contributed by atoms with Crippen LogP contribution in [0.2, 0.25) is 0 Å². The summed E-state index contributed by atoms with van der Waals surface area (Å²) in [4.78, 5) is 13.6. The number of hydrogen-bond donors (Lipinski definition) is 1. The Morgan fingerprint density at radius 2 is 1.80 bits per heavy atom. The number of hydrogen-bond acceptors (Lipinski definition) is 4. The van der Waals surface area contributed by atoms with E-state index in [1.807, 2.05) is 37.3 Å². The highest BCUT2D eigenvalue weighted by atomic mass is 16.7. The Morgan fingerprint density at radius 1 is 1.25 bits per heavy atom. The lowest BCUT2D eigenvalue weighted by Crippen LogP contribution is -2.40. The van der Waals surface area contributed by atoms with Gasteiger partial charge in [-0.15, -0.1) is 0 Å². The molecule has 5 nitrogen and oxygen atoms in total. The van der Waals surface area contributed by atoms with Gasteiger partial charge in [0, 0.05) is 21.3 Å². The van der Waals surface area contributed by atoms with E-state index in [1.165, 1.54) is 19.1 Å². The molecule has 0 radical (unpaired) electrons. The van der Waals surface area contributed by atoms with Crippen molar-refractivity contribution in [3.05, 3.63) is 35.9 Å². The molecule has 5 heteroatoms. The van der Waals surface area contributed by atoms with Crippen molar-refractivity contribution >= 4 is 5.91 Å². The standard InChI is InChI=1S/C15H23NO4/c1-11(15(18)12-8-6-5-7-9-12)16(2)13(17)10-14(19-3)20-4/h5-9,11,14-15,18H,10H2,1-4H3/t11-,15+/m0/s1. The van der Waals surface area contributed by atoms with Crippen molar-refractivity contribution < 1.29 is 19.4 Å². The van der Waals surface area contributed by atoms with E-state index in [0.29, 0.717) is 0 Å². The van der Waals surface area contributed by atoms with Crippen LogP contribution in [0.15, 0.2) is 30.3 Å². The second-order valence-corrected chi connectivity index (χ2v) is 4.71. The largest absolute Gasteiger partial charge is 0.386 e. The number of rotatable bonds is 7. The van der Waals surface area contributed by atoms with Crippen LogP contribution >= 0.6 is 0 Å². The van der Waals surface area contributed by atoms with E-state index in [-0.39, 0.29) is 18.4 Å². The van der Waals surface area contributed by atoms with Gasteiger partial charge in [-0.3, -0.25) is 4.79 Å². The minimum atomic E-state index is -0.728. The van der Waals surface area contributed by atoms with Gasteiger partial charge in [0.1, 0.15) is 0 Å². The summed E-state index contributed by atoms with van der Waals surface area (Å²) < 4.78 is 10.0. The average Bonchev–Trinajstić information content (AvgIpc) is 2.50. The molecule has 112 valence electrons. The molecule has 0 fully saturated rings. The summed E-state index contributed by atoms with van der Waals surface area (Å²) in [5.41, 5.74) is 0.787. The van der Waals surface area contributed by atoms with Gasteiger partial charge in [0.2, 0.25) is 5.91 Å². The molecule has 0 spiro atoms. The van der Waals surface area contributed by atoms with E-state index in [4.69, 9.17) is 9.47 Å². The SMILES string of the molecule is COC(CC(=O)N(C)[C@@H](C)[C@@H](O)c1ccccc1)OC. The third kappa shape index (κ3) is 4.30. The van der Waals surface area contributed by atoms with Crippen LogP contribution in [0.3, 0.4) is 0 Å². The zero-order valence-corrected chi connectivity index (χ0v) is 12.4. The van der Waals surface area contributed by atoms with Gasteiger partial charge in [-0.1, -0.05) is 30.3 Å². The Morgan fingerprint density at radius 3 is 2.30 bits per heavy atom. The number of likely N-dealkylation sites (N-methyl/N-ethyl adjacent to an activating group) is 1. The van der Waals surface area contributed by atoms with Crippen molar-refractivity contribution in [3.63, 3.8) is 0 Å². The van der Waals surface area contributed by atoms with Crippen molar-refractivity contribution in [1.29, 1.82) is 0 Å². The van der Waals surface area contributed by atoms with Crippen molar-refractivity contribution in [2.45, 2.75) is 31.8 Å². The predicted octanol–water partition coefficient (Wildman–Crippen LogP) is 1.58. The molecule has 0 aliphatic carbocycles. The average molecular weight is 281 g/mol. The summed E-state index contributed by atoms with van der Waals surface area (Å²) in [6.07, 6.45) is -1.17. The first kappa shape index (κ1) is 16.6. The number of aliphatic hydroxyl groups is 1. The van der Waals surface area contributed by atoms with Crippen molar-refractivity contribution in [3.8, 4) is 0 Å². The van der Waals surface area contributed by atoms with Crippen LogP contribution in [0.5, 0.6) is 0 Å². The zero-order chi connectivity index (χ0) is 15.1. The molecule has 0 aliphatic rings. The first-order valence-electron chi connectivity index (χ1n) is 6.55. The molecule has 20 heavy (non-hydrogen) atoms. The van der Waals surface area contributed by atoms with Gasteiger partial charge in [-0.2, -0.15) is 0 Å². The smallest absolute Gasteiger partial charge is 0.227 e. The van der Waals surface area contributed by atoms with E-state index in [9.17, 15) is 9.90 Å². The highest BCUT2D eigenvalue weighted by Crippen LogP contribution is 2.20. The highest BCUT2D eigenvalue weighted by molar-refractivity contribution is 5.76. The third-order valence-corrected chi connectivity index (χ3v) is 3.47. The van der Waals surface area contributed by atoms with E-state index in [0.717, 1.165) is 5.56 Å². The predicted molar refractivity (Wildman–Crippen MR) is 76.1 cm³/mol. The fourth-order valence-electron chi connectivity index (χ4n) is 1.92. The summed E-state index contributed by atoms with van der Waals surface area (Å²) in [5, 5.41) is 10.3. The first-order chi connectivity index (χ1) is 9.51. The summed E-state index contributed by atoms with van der Waals surface area (Å²) in [6, 6.07) is 8.95. The van der Waals surface area contributed by atoms with Crippen molar-refractivity contribution in [2.24, 2.45) is 0 Å². The maximum Gasteiger partial charge on any atom is 0.227 e. The van der Waals surface area contributed by atoms with Crippen LogP contribution in [-0.4, -0.2) is 49.5 Å². The monoisotopic (exact) mass is 281 g/mol. The zero-order valence-electron chi connectivity index (χ0n) is 12.4. The maximum atomic E-state index is 12.1. The molecule has 0 aromatic heterocycles. The second kappa shape index (κ2) is 7.99. The minimum Gasteiger partial charge on any atom is -0.386 e. The molecule has 0 heterocycles. The fraction of sp³-hybridized carbons (Fsp3) is 0.533. The number of benzene rings is 1. The Hall–Kier alpha value is -1.43. The number of carbonyl (C=O) groups excluding carboxylic acids is 1. The molecule has 0 aliphatic heterocycles. The lowest BCUT2D eigenvalue weighted by atomic mass is 10.0. The molecule has 1 N–H and O–H groups in total. The summed E-state index contributed by atoms with van der Waals surface area (Å²) in [5.74, 6) is -0.138. The van der Waals surface area contributed by atoms with Crippen LogP contribution in [0.4, 0.5) is 0 Å². The van der Waals surface area contributed by atoms with Crippen molar-refractivity contribution in [2.75, 3.05) is 21.3 Å².